The number of hydrogen-bond acceptors (Lipinski definition) is 3. The Balaban J connectivity index is 1.71. The van der Waals surface area contributed by atoms with Crippen molar-refractivity contribution in [1.82, 2.24) is 10.2 Å². The van der Waals surface area contributed by atoms with Gasteiger partial charge in [0.25, 0.3) is 0 Å². The molecule has 5 heteroatoms. The summed E-state index contributed by atoms with van der Waals surface area (Å²) in [5.74, 6) is -0.189. The van der Waals surface area contributed by atoms with Crippen molar-refractivity contribution < 1.29 is 14.3 Å². The molecule has 2 aliphatic heterocycles. The van der Waals surface area contributed by atoms with E-state index >= 15 is 0 Å². The molecule has 0 saturated carbocycles. The maximum atomic E-state index is 13.6. The zero-order valence-electron chi connectivity index (χ0n) is 15.3. The van der Waals surface area contributed by atoms with Gasteiger partial charge < -0.3 is 15.3 Å². The molecule has 2 aromatic rings. The van der Waals surface area contributed by atoms with Crippen LogP contribution in [0.1, 0.15) is 36.4 Å². The van der Waals surface area contributed by atoms with E-state index in [2.05, 4.69) is 5.32 Å². The molecule has 2 atom stereocenters. The number of nitrogens with zero attached hydrogens (tertiary/aromatic N) is 1. The average Bonchev–Trinajstić information content (AvgIpc) is 2.69. The number of carbonyl (C=O) groups is 1. The third-order valence-corrected chi connectivity index (χ3v) is 5.98. The van der Waals surface area contributed by atoms with Crippen LogP contribution in [0.5, 0.6) is 0 Å². The molecule has 0 aromatic heterocycles. The quantitative estimate of drug-likeness (QED) is 0.876. The molecule has 2 aliphatic rings. The summed E-state index contributed by atoms with van der Waals surface area (Å²) < 4.78 is 13.3. The van der Waals surface area contributed by atoms with Gasteiger partial charge in [-0.3, -0.25) is 4.79 Å². The topological polar surface area (TPSA) is 52.6 Å². The Hall–Kier alpha value is -2.24. The van der Waals surface area contributed by atoms with Gasteiger partial charge in [0.2, 0.25) is 5.91 Å². The lowest BCUT2D eigenvalue weighted by atomic mass is 9.68. The Bertz CT molecular complexity index is 788. The maximum Gasteiger partial charge on any atom is 0.229 e. The summed E-state index contributed by atoms with van der Waals surface area (Å²) in [6, 6.07) is 15.6. The molecule has 2 heterocycles. The summed E-state index contributed by atoms with van der Waals surface area (Å²) in [5.41, 5.74) is 1.30. The van der Waals surface area contributed by atoms with Gasteiger partial charge in [-0.15, -0.1) is 0 Å². The second kappa shape index (κ2) is 7.41. The monoisotopic (exact) mass is 368 g/mol. The van der Waals surface area contributed by atoms with Gasteiger partial charge in [0.1, 0.15) is 5.82 Å². The fourth-order valence-electron chi connectivity index (χ4n) is 4.57. The Morgan fingerprint density at radius 1 is 1.07 bits per heavy atom. The number of amides is 1. The van der Waals surface area contributed by atoms with Crippen LogP contribution in [-0.2, 0) is 11.3 Å². The Kier molecular flexibility index (Phi) is 4.98. The van der Waals surface area contributed by atoms with E-state index in [-0.39, 0.29) is 17.8 Å². The van der Waals surface area contributed by atoms with E-state index in [1.165, 1.54) is 12.1 Å². The molecule has 142 valence electrons. The number of rotatable bonds is 3. The first-order valence-corrected chi connectivity index (χ1v) is 9.58. The first-order valence-electron chi connectivity index (χ1n) is 9.58. The first-order chi connectivity index (χ1) is 13.1. The van der Waals surface area contributed by atoms with Crippen LogP contribution >= 0.6 is 0 Å². The van der Waals surface area contributed by atoms with E-state index in [1.54, 1.807) is 12.1 Å². The second-order valence-electron chi connectivity index (χ2n) is 7.72. The summed E-state index contributed by atoms with van der Waals surface area (Å²) in [6.45, 7) is 1.95. The minimum atomic E-state index is -0.622. The van der Waals surface area contributed by atoms with Crippen molar-refractivity contribution in [3.8, 4) is 0 Å². The highest BCUT2D eigenvalue weighted by molar-refractivity contribution is 5.84. The Labute approximate surface area is 159 Å². The molecule has 2 saturated heterocycles. The van der Waals surface area contributed by atoms with Gasteiger partial charge in [0.15, 0.2) is 0 Å². The highest BCUT2D eigenvalue weighted by Crippen LogP contribution is 2.46. The molecule has 4 nitrogen and oxygen atoms in total. The van der Waals surface area contributed by atoms with Crippen LogP contribution in [0.4, 0.5) is 4.39 Å². The number of halogens is 1. The van der Waals surface area contributed by atoms with Gasteiger partial charge in [0.05, 0.1) is 17.6 Å². The second-order valence-corrected chi connectivity index (χ2v) is 7.72. The van der Waals surface area contributed by atoms with Crippen molar-refractivity contribution in [3.05, 3.63) is 71.5 Å². The van der Waals surface area contributed by atoms with Crippen molar-refractivity contribution >= 4 is 5.91 Å². The number of carbonyl (C=O) groups excluding carboxylic acids is 1. The van der Waals surface area contributed by atoms with Crippen molar-refractivity contribution in [2.45, 2.75) is 38.0 Å². The first kappa shape index (κ1) is 18.1. The molecule has 1 amide bonds. The van der Waals surface area contributed by atoms with Crippen LogP contribution in [0.2, 0.25) is 0 Å². The number of nitrogens with one attached hydrogen (secondary N) is 1. The van der Waals surface area contributed by atoms with Gasteiger partial charge in [-0.05, 0) is 55.6 Å². The molecular formula is C22H25FN2O2. The number of likely N-dealkylation sites (tertiary alicyclic amines) is 1. The largest absolute Gasteiger partial charge is 0.391 e. The van der Waals surface area contributed by atoms with Crippen molar-refractivity contribution in [1.29, 1.82) is 0 Å². The summed E-state index contributed by atoms with van der Waals surface area (Å²) >= 11 is 0. The number of piperidine rings is 2. The number of hydrogen-bond donors (Lipinski definition) is 2. The van der Waals surface area contributed by atoms with E-state index in [0.717, 1.165) is 37.1 Å². The van der Waals surface area contributed by atoms with Gasteiger partial charge in [-0.2, -0.15) is 0 Å². The van der Waals surface area contributed by atoms with E-state index in [0.29, 0.717) is 13.0 Å². The maximum absolute atomic E-state index is 13.6. The summed E-state index contributed by atoms with van der Waals surface area (Å²) in [5, 5.41) is 14.4. The van der Waals surface area contributed by atoms with Gasteiger partial charge >= 0.3 is 0 Å². The predicted molar refractivity (Wildman–Crippen MR) is 101 cm³/mol. The third kappa shape index (κ3) is 3.49. The fraction of sp³-hybridized carbons (Fsp3) is 0.409. The molecule has 0 bridgehead atoms. The Morgan fingerprint density at radius 2 is 1.74 bits per heavy atom. The smallest absolute Gasteiger partial charge is 0.229 e. The predicted octanol–water partition coefficient (Wildman–Crippen LogP) is 3.03. The lowest BCUT2D eigenvalue weighted by molar-refractivity contribution is -0.163. The summed E-state index contributed by atoms with van der Waals surface area (Å²) in [7, 11) is 0. The molecule has 0 aliphatic carbocycles. The molecule has 27 heavy (non-hydrogen) atoms. The molecule has 2 fully saturated rings. The average molecular weight is 368 g/mol. The zero-order valence-corrected chi connectivity index (χ0v) is 15.3. The summed E-state index contributed by atoms with van der Waals surface area (Å²) in [4.78, 5) is 15.4. The highest BCUT2D eigenvalue weighted by Gasteiger charge is 2.51. The minimum Gasteiger partial charge on any atom is -0.391 e. The fourth-order valence-corrected chi connectivity index (χ4v) is 4.57. The van der Waals surface area contributed by atoms with Crippen LogP contribution in [0.25, 0.3) is 0 Å². The van der Waals surface area contributed by atoms with E-state index in [1.807, 2.05) is 35.2 Å². The lowest BCUT2D eigenvalue weighted by Crippen LogP contribution is -2.57. The van der Waals surface area contributed by atoms with E-state index in [9.17, 15) is 14.3 Å². The van der Waals surface area contributed by atoms with Crippen molar-refractivity contribution in [2.75, 3.05) is 13.1 Å². The number of benzene rings is 2. The minimum absolute atomic E-state index is 0.104. The van der Waals surface area contributed by atoms with Gasteiger partial charge in [-0.25, -0.2) is 4.39 Å². The van der Waals surface area contributed by atoms with Gasteiger partial charge in [-0.1, -0.05) is 42.5 Å². The van der Waals surface area contributed by atoms with Crippen LogP contribution in [0.15, 0.2) is 54.6 Å². The van der Waals surface area contributed by atoms with Crippen LogP contribution in [0.3, 0.4) is 0 Å². The Morgan fingerprint density at radius 3 is 2.41 bits per heavy atom. The van der Waals surface area contributed by atoms with E-state index in [4.69, 9.17) is 0 Å². The van der Waals surface area contributed by atoms with Crippen molar-refractivity contribution in [3.63, 3.8) is 0 Å². The molecule has 2 aromatic carbocycles. The number of aliphatic hydroxyl groups excluding tert-OH is 1. The van der Waals surface area contributed by atoms with E-state index < -0.39 is 11.5 Å². The normalized spacial score (nSPS) is 25.0. The van der Waals surface area contributed by atoms with Gasteiger partial charge in [0, 0.05) is 6.54 Å². The standard InChI is InChI=1S/C22H25FN2O2/c23-18-8-6-16(7-9-18)15-25-20(17-4-2-1-3-5-17)19(26)14-22(21(25)27)10-12-24-13-11-22/h1-9,19-20,24,26H,10-15H2/t19-,20+/m1/s1. The molecule has 2 N–H and O–H groups in total. The van der Waals surface area contributed by atoms with Crippen LogP contribution in [-0.4, -0.2) is 35.1 Å². The zero-order chi connectivity index (χ0) is 18.9. The molecule has 4 rings (SSSR count). The van der Waals surface area contributed by atoms with Crippen LogP contribution < -0.4 is 5.32 Å². The molecule has 0 radical (unpaired) electrons. The van der Waals surface area contributed by atoms with Crippen molar-refractivity contribution in [2.24, 2.45) is 5.41 Å². The third-order valence-electron chi connectivity index (χ3n) is 5.98. The molecular weight excluding hydrogens is 343 g/mol. The lowest BCUT2D eigenvalue weighted by Gasteiger charge is -2.50. The summed E-state index contributed by atoms with van der Waals surface area (Å²) in [6.07, 6.45) is 1.35. The highest BCUT2D eigenvalue weighted by atomic mass is 19.1. The molecule has 1 spiro atoms. The van der Waals surface area contributed by atoms with Crippen LogP contribution in [0, 0.1) is 11.2 Å². The SMILES string of the molecule is O=C1N(Cc2ccc(F)cc2)[C@@H](c2ccccc2)[C@H](O)CC12CCNCC2. The molecule has 0 unspecified atom stereocenters. The number of aliphatic hydroxyl groups is 1.